The van der Waals surface area contributed by atoms with E-state index in [2.05, 4.69) is 9.47 Å². The van der Waals surface area contributed by atoms with Crippen molar-refractivity contribution < 1.29 is 28.5 Å². The van der Waals surface area contributed by atoms with Crippen molar-refractivity contribution in [2.75, 3.05) is 41.2 Å². The molecule has 0 aromatic rings. The maximum absolute atomic E-state index is 11.2. The molecule has 6 nitrogen and oxygen atoms in total. The summed E-state index contributed by atoms with van der Waals surface area (Å²) in [6.45, 7) is 1.17. The number of carbonyl (C=O) groups is 2. The number of rotatable bonds is 8. The monoisotopic (exact) mass is 234 g/mol. The summed E-state index contributed by atoms with van der Waals surface area (Å²) in [6.07, 6.45) is 0.239. The third kappa shape index (κ3) is 5.67. The van der Waals surface area contributed by atoms with Crippen molar-refractivity contribution in [3.63, 3.8) is 0 Å². The highest BCUT2D eigenvalue weighted by molar-refractivity contribution is 5.94. The second-order valence-electron chi connectivity index (χ2n) is 2.99. The molecule has 0 N–H and O–H groups in total. The van der Waals surface area contributed by atoms with Crippen LogP contribution in [0.25, 0.3) is 0 Å². The summed E-state index contributed by atoms with van der Waals surface area (Å²) in [4.78, 5) is 22.5. The summed E-state index contributed by atoms with van der Waals surface area (Å²) in [6, 6.07) is 0. The highest BCUT2D eigenvalue weighted by Gasteiger charge is 2.28. The van der Waals surface area contributed by atoms with Gasteiger partial charge in [-0.1, -0.05) is 0 Å². The van der Waals surface area contributed by atoms with Gasteiger partial charge < -0.3 is 18.9 Å². The molecule has 0 saturated heterocycles. The molecule has 0 bridgehead atoms. The van der Waals surface area contributed by atoms with Gasteiger partial charge in [0, 0.05) is 13.7 Å². The molecule has 0 atom stereocenters. The Morgan fingerprint density at radius 1 is 0.938 bits per heavy atom. The predicted octanol–water partition coefficient (Wildman–Crippen LogP) is 0.00170. The van der Waals surface area contributed by atoms with Crippen molar-refractivity contribution in [3.8, 4) is 0 Å². The average Bonchev–Trinajstić information content (AvgIpc) is 2.32. The number of hydrogen-bond acceptors (Lipinski definition) is 6. The Hall–Kier alpha value is -1.14. The molecule has 0 aliphatic heterocycles. The van der Waals surface area contributed by atoms with Gasteiger partial charge in [0.25, 0.3) is 0 Å². The van der Waals surface area contributed by atoms with E-state index in [1.165, 1.54) is 14.2 Å². The van der Waals surface area contributed by atoms with E-state index in [-0.39, 0.29) is 13.0 Å². The van der Waals surface area contributed by atoms with Crippen molar-refractivity contribution in [1.82, 2.24) is 0 Å². The first kappa shape index (κ1) is 14.9. The van der Waals surface area contributed by atoms with Crippen LogP contribution >= 0.6 is 0 Å². The first-order valence-electron chi connectivity index (χ1n) is 4.89. The minimum Gasteiger partial charge on any atom is -0.468 e. The lowest BCUT2D eigenvalue weighted by Crippen LogP contribution is -2.28. The van der Waals surface area contributed by atoms with Gasteiger partial charge in [0.2, 0.25) is 0 Å². The van der Waals surface area contributed by atoms with E-state index in [0.29, 0.717) is 13.2 Å². The predicted molar refractivity (Wildman–Crippen MR) is 54.8 cm³/mol. The molecule has 0 radical (unpaired) electrons. The minimum absolute atomic E-state index is 0.239. The zero-order valence-electron chi connectivity index (χ0n) is 9.86. The fourth-order valence-corrected chi connectivity index (χ4v) is 1.06. The lowest BCUT2D eigenvalue weighted by atomic mass is 10.1. The second kappa shape index (κ2) is 9.11. The number of esters is 2. The quantitative estimate of drug-likeness (QED) is 0.334. The topological polar surface area (TPSA) is 71.1 Å². The third-order valence-corrected chi connectivity index (χ3v) is 1.95. The Kier molecular flexibility index (Phi) is 8.46. The van der Waals surface area contributed by atoms with Crippen LogP contribution in [0.2, 0.25) is 0 Å². The molecule has 0 rings (SSSR count). The summed E-state index contributed by atoms with van der Waals surface area (Å²) >= 11 is 0. The maximum Gasteiger partial charge on any atom is 0.320 e. The standard InChI is InChI=1S/C10H18O6/c1-13-6-7-16-5-4-8(9(11)14-2)10(12)15-3/h8H,4-7H2,1-3H3. The molecule has 0 aliphatic rings. The molecular formula is C10H18O6. The second-order valence-corrected chi connectivity index (χ2v) is 2.99. The molecule has 0 heterocycles. The molecule has 0 aromatic heterocycles. The van der Waals surface area contributed by atoms with E-state index in [4.69, 9.17) is 9.47 Å². The van der Waals surface area contributed by atoms with Gasteiger partial charge in [0.1, 0.15) is 0 Å². The van der Waals surface area contributed by atoms with Crippen LogP contribution in [0.1, 0.15) is 6.42 Å². The Morgan fingerprint density at radius 2 is 1.50 bits per heavy atom. The molecular weight excluding hydrogens is 216 g/mol. The zero-order chi connectivity index (χ0) is 12.4. The van der Waals surface area contributed by atoms with Gasteiger partial charge >= 0.3 is 11.9 Å². The Morgan fingerprint density at radius 3 is 1.94 bits per heavy atom. The molecule has 16 heavy (non-hydrogen) atoms. The van der Waals surface area contributed by atoms with E-state index in [0.717, 1.165) is 0 Å². The van der Waals surface area contributed by atoms with Gasteiger partial charge in [-0.25, -0.2) is 0 Å². The summed E-state index contributed by atoms with van der Waals surface area (Å²) < 4.78 is 18.9. The fraction of sp³-hybridized carbons (Fsp3) is 0.800. The van der Waals surface area contributed by atoms with Crippen molar-refractivity contribution >= 4 is 11.9 Å². The van der Waals surface area contributed by atoms with Crippen molar-refractivity contribution in [2.45, 2.75) is 6.42 Å². The van der Waals surface area contributed by atoms with Gasteiger partial charge in [-0.3, -0.25) is 9.59 Å². The number of methoxy groups -OCH3 is 3. The molecule has 0 aromatic carbocycles. The molecule has 0 aliphatic carbocycles. The summed E-state index contributed by atoms with van der Waals surface area (Å²) in [5.74, 6) is -2.14. The molecule has 6 heteroatoms. The first-order chi connectivity index (χ1) is 7.67. The van der Waals surface area contributed by atoms with E-state index in [1.807, 2.05) is 0 Å². The van der Waals surface area contributed by atoms with E-state index in [1.54, 1.807) is 7.11 Å². The van der Waals surface area contributed by atoms with Gasteiger partial charge in [-0.2, -0.15) is 0 Å². The number of hydrogen-bond donors (Lipinski definition) is 0. The van der Waals surface area contributed by atoms with Gasteiger partial charge in [-0.15, -0.1) is 0 Å². The summed E-state index contributed by atoms with van der Waals surface area (Å²) in [5.41, 5.74) is 0. The summed E-state index contributed by atoms with van der Waals surface area (Å²) in [5, 5.41) is 0. The largest absolute Gasteiger partial charge is 0.468 e. The van der Waals surface area contributed by atoms with Gasteiger partial charge in [0.15, 0.2) is 5.92 Å². The maximum atomic E-state index is 11.2. The zero-order valence-corrected chi connectivity index (χ0v) is 9.86. The third-order valence-electron chi connectivity index (χ3n) is 1.95. The van der Waals surface area contributed by atoms with E-state index in [9.17, 15) is 9.59 Å². The molecule has 0 unspecified atom stereocenters. The van der Waals surface area contributed by atoms with E-state index >= 15 is 0 Å². The van der Waals surface area contributed by atoms with Crippen molar-refractivity contribution in [2.24, 2.45) is 5.92 Å². The lowest BCUT2D eigenvalue weighted by Gasteiger charge is -2.12. The van der Waals surface area contributed by atoms with Gasteiger partial charge in [-0.05, 0) is 6.42 Å². The number of carbonyl (C=O) groups excluding carboxylic acids is 2. The molecule has 94 valence electrons. The molecule has 0 fully saturated rings. The first-order valence-corrected chi connectivity index (χ1v) is 4.89. The van der Waals surface area contributed by atoms with Crippen LogP contribution in [-0.2, 0) is 28.5 Å². The van der Waals surface area contributed by atoms with Crippen LogP contribution in [0.3, 0.4) is 0 Å². The number of ether oxygens (including phenoxy) is 4. The molecule has 0 saturated carbocycles. The van der Waals surface area contributed by atoms with Crippen LogP contribution in [0.4, 0.5) is 0 Å². The molecule has 0 spiro atoms. The van der Waals surface area contributed by atoms with Gasteiger partial charge in [0.05, 0.1) is 27.4 Å². The lowest BCUT2D eigenvalue weighted by molar-refractivity contribution is -0.159. The van der Waals surface area contributed by atoms with Crippen molar-refractivity contribution in [3.05, 3.63) is 0 Å². The van der Waals surface area contributed by atoms with E-state index < -0.39 is 17.9 Å². The SMILES string of the molecule is COCCOCCC(C(=O)OC)C(=O)OC. The van der Waals surface area contributed by atoms with Crippen LogP contribution in [-0.4, -0.2) is 53.1 Å². The van der Waals surface area contributed by atoms with Crippen LogP contribution < -0.4 is 0 Å². The highest BCUT2D eigenvalue weighted by Crippen LogP contribution is 2.08. The fourth-order valence-electron chi connectivity index (χ4n) is 1.06. The average molecular weight is 234 g/mol. The van der Waals surface area contributed by atoms with Crippen LogP contribution in [0.15, 0.2) is 0 Å². The normalized spacial score (nSPS) is 10.2. The summed E-state index contributed by atoms with van der Waals surface area (Å²) in [7, 11) is 4.02. The van der Waals surface area contributed by atoms with Crippen molar-refractivity contribution in [1.29, 1.82) is 0 Å². The Labute approximate surface area is 94.8 Å². The Bertz CT molecular complexity index is 199. The highest BCUT2D eigenvalue weighted by atomic mass is 16.5. The Balaban J connectivity index is 3.93. The van der Waals surface area contributed by atoms with Crippen LogP contribution in [0, 0.1) is 5.92 Å². The minimum atomic E-state index is -0.919. The smallest absolute Gasteiger partial charge is 0.320 e. The van der Waals surface area contributed by atoms with Crippen LogP contribution in [0.5, 0.6) is 0 Å². The molecule has 0 amide bonds.